The molecule has 174 valence electrons. The van der Waals surface area contributed by atoms with Crippen molar-refractivity contribution in [3.63, 3.8) is 0 Å². The van der Waals surface area contributed by atoms with Crippen molar-refractivity contribution in [2.24, 2.45) is 5.16 Å². The Morgan fingerprint density at radius 3 is 2.45 bits per heavy atom. The Labute approximate surface area is 189 Å². The summed E-state index contributed by atoms with van der Waals surface area (Å²) in [5.74, 6) is -2.39. The summed E-state index contributed by atoms with van der Waals surface area (Å²) in [5.41, 5.74) is -0.919. The molecule has 0 spiro atoms. The van der Waals surface area contributed by atoms with E-state index in [0.717, 1.165) is 11.3 Å². The minimum absolute atomic E-state index is 0.201. The van der Waals surface area contributed by atoms with Gasteiger partial charge in [-0.15, -0.1) is 11.3 Å². The topological polar surface area (TPSA) is 98.6 Å². The van der Waals surface area contributed by atoms with E-state index < -0.39 is 50.8 Å². The Morgan fingerprint density at radius 2 is 1.85 bits per heavy atom. The minimum atomic E-state index is -4.90. The molecule has 2 heterocycles. The van der Waals surface area contributed by atoms with E-state index in [1.165, 1.54) is 37.3 Å². The number of hydrogen-bond donors (Lipinski definition) is 0. The molecule has 0 amide bonds. The highest BCUT2D eigenvalue weighted by molar-refractivity contribution is 7.91. The number of carbonyl (C=O) groups excluding carboxylic acids is 1. The van der Waals surface area contributed by atoms with Crippen molar-refractivity contribution in [2.75, 3.05) is 5.75 Å². The van der Waals surface area contributed by atoms with Gasteiger partial charge in [-0.1, -0.05) is 23.4 Å². The summed E-state index contributed by atoms with van der Waals surface area (Å²) in [6.07, 6.45) is -5.60. The normalized spacial score (nSPS) is 12.6. The number of alkyl halides is 3. The lowest BCUT2D eigenvalue weighted by Gasteiger charge is -2.10. The van der Waals surface area contributed by atoms with Gasteiger partial charge in [-0.05, 0) is 42.1 Å². The second kappa shape index (κ2) is 9.75. The Morgan fingerprint density at radius 1 is 1.15 bits per heavy atom. The molecular formula is C20H15F4N3O4S2. The van der Waals surface area contributed by atoms with Crippen LogP contribution in [-0.4, -0.2) is 35.8 Å². The maximum Gasteiger partial charge on any atom is 0.433 e. The molecule has 1 aromatic carbocycles. The molecule has 7 nitrogen and oxygen atoms in total. The third-order valence-corrected chi connectivity index (χ3v) is 6.54. The second-order valence-corrected chi connectivity index (χ2v) is 9.56. The summed E-state index contributed by atoms with van der Waals surface area (Å²) >= 11 is 1.08. The molecule has 0 N–H and O–H groups in total. The van der Waals surface area contributed by atoms with E-state index >= 15 is 0 Å². The molecule has 0 aliphatic heterocycles. The number of sulfone groups is 1. The lowest BCUT2D eigenvalue weighted by Crippen LogP contribution is -2.18. The molecule has 2 aromatic heterocycles. The first-order valence-electron chi connectivity index (χ1n) is 9.19. The molecule has 33 heavy (non-hydrogen) atoms. The average molecular weight is 501 g/mol. The van der Waals surface area contributed by atoms with Crippen molar-refractivity contribution < 1.29 is 35.6 Å². The van der Waals surface area contributed by atoms with Gasteiger partial charge in [0.2, 0.25) is 15.0 Å². The number of aromatic nitrogens is 2. The van der Waals surface area contributed by atoms with Crippen molar-refractivity contribution in [1.29, 1.82) is 0 Å². The van der Waals surface area contributed by atoms with Crippen LogP contribution < -0.4 is 0 Å². The van der Waals surface area contributed by atoms with E-state index in [9.17, 15) is 30.8 Å². The number of rotatable bonds is 7. The molecule has 0 atom stereocenters. The summed E-state index contributed by atoms with van der Waals surface area (Å²) in [5, 5.41) is 4.12. The molecule has 0 fully saturated rings. The summed E-state index contributed by atoms with van der Waals surface area (Å²) in [7, 11) is -4.46. The number of thiophene rings is 1. The average Bonchev–Trinajstić information content (AvgIpc) is 3.31. The van der Waals surface area contributed by atoms with Gasteiger partial charge < -0.3 is 4.84 Å². The van der Waals surface area contributed by atoms with Gasteiger partial charge in [-0.3, -0.25) is 0 Å². The van der Waals surface area contributed by atoms with Crippen LogP contribution in [0.3, 0.4) is 0 Å². The zero-order valence-corrected chi connectivity index (χ0v) is 18.5. The molecule has 0 radical (unpaired) electrons. The van der Waals surface area contributed by atoms with Crippen LogP contribution in [0.25, 0.3) is 10.6 Å². The van der Waals surface area contributed by atoms with E-state index in [2.05, 4.69) is 20.0 Å². The fourth-order valence-electron chi connectivity index (χ4n) is 2.48. The maximum atomic E-state index is 13.2. The van der Waals surface area contributed by atoms with Gasteiger partial charge in [0.05, 0.1) is 28.5 Å². The second-order valence-electron chi connectivity index (χ2n) is 6.61. The van der Waals surface area contributed by atoms with Gasteiger partial charge >= 0.3 is 12.1 Å². The van der Waals surface area contributed by atoms with Gasteiger partial charge in [0, 0.05) is 0 Å². The van der Waals surface area contributed by atoms with Crippen LogP contribution in [0.4, 0.5) is 17.6 Å². The Bertz CT molecular complexity index is 1270. The maximum absolute atomic E-state index is 13.2. The van der Waals surface area contributed by atoms with Gasteiger partial charge in [-0.25, -0.2) is 27.6 Å². The standard InChI is InChI=1S/C20H15F4N3O4S2/c1-12(13-4-6-14(21)7-5-13)27-31-18(28)8-10-33(29,30)19-25-15(16-3-2-9-32-16)11-17(26-19)20(22,23)24/h2-7,9,11H,8,10H2,1H3/b27-12-. The third-order valence-electron chi connectivity index (χ3n) is 4.17. The van der Waals surface area contributed by atoms with Crippen LogP contribution in [0.2, 0.25) is 0 Å². The zero-order chi connectivity index (χ0) is 24.2. The van der Waals surface area contributed by atoms with Crippen LogP contribution in [0.15, 0.2) is 58.2 Å². The van der Waals surface area contributed by atoms with Crippen molar-refractivity contribution in [3.05, 3.63) is 64.9 Å². The Hall–Kier alpha value is -3.19. The minimum Gasteiger partial charge on any atom is -0.318 e. The first-order valence-corrected chi connectivity index (χ1v) is 11.7. The predicted molar refractivity (Wildman–Crippen MR) is 112 cm³/mol. The molecule has 0 saturated heterocycles. The Kier molecular flexibility index (Phi) is 7.22. The fraction of sp³-hybridized carbons (Fsp3) is 0.200. The van der Waals surface area contributed by atoms with Crippen LogP contribution >= 0.6 is 11.3 Å². The van der Waals surface area contributed by atoms with E-state index in [1.54, 1.807) is 11.4 Å². The zero-order valence-electron chi connectivity index (χ0n) is 16.8. The molecule has 13 heteroatoms. The summed E-state index contributed by atoms with van der Waals surface area (Å²) in [6.45, 7) is 1.49. The lowest BCUT2D eigenvalue weighted by molar-refractivity contribution is -0.143. The number of halogens is 4. The van der Waals surface area contributed by atoms with Crippen LogP contribution in [0.5, 0.6) is 0 Å². The Balaban J connectivity index is 1.74. The predicted octanol–water partition coefficient (Wildman–Crippen LogP) is 4.49. The van der Waals surface area contributed by atoms with Crippen molar-refractivity contribution in [3.8, 4) is 10.6 Å². The highest BCUT2D eigenvalue weighted by Crippen LogP contribution is 2.32. The fourth-order valence-corrected chi connectivity index (χ4v) is 4.26. The van der Waals surface area contributed by atoms with Crippen molar-refractivity contribution in [2.45, 2.75) is 24.7 Å². The number of nitrogens with zero attached hydrogens (tertiary/aromatic N) is 3. The van der Waals surface area contributed by atoms with Crippen molar-refractivity contribution in [1.82, 2.24) is 9.97 Å². The number of carbonyl (C=O) groups is 1. The summed E-state index contributed by atoms with van der Waals surface area (Å²) in [4.78, 5) is 23.8. The van der Waals surface area contributed by atoms with E-state index in [4.69, 9.17) is 0 Å². The van der Waals surface area contributed by atoms with Gasteiger partial charge in [0.15, 0.2) is 0 Å². The first-order chi connectivity index (χ1) is 15.5. The quantitative estimate of drug-likeness (QED) is 0.156. The van der Waals surface area contributed by atoms with Crippen molar-refractivity contribution >= 4 is 32.9 Å². The highest BCUT2D eigenvalue weighted by atomic mass is 32.2. The molecule has 3 rings (SSSR count). The molecule has 3 aromatic rings. The first kappa shape index (κ1) is 24.5. The lowest BCUT2D eigenvalue weighted by atomic mass is 10.1. The van der Waals surface area contributed by atoms with Crippen LogP contribution in [0.1, 0.15) is 24.6 Å². The molecular weight excluding hydrogens is 486 g/mol. The van der Waals surface area contributed by atoms with Crippen LogP contribution in [0, 0.1) is 5.82 Å². The number of oxime groups is 1. The van der Waals surface area contributed by atoms with E-state index in [1.807, 2.05) is 0 Å². The number of hydrogen-bond acceptors (Lipinski definition) is 8. The SMILES string of the molecule is C/C(=N/OC(=O)CCS(=O)(=O)c1nc(-c2cccs2)cc(C(F)(F)F)n1)c1ccc(F)cc1. The largest absolute Gasteiger partial charge is 0.433 e. The van der Waals surface area contributed by atoms with E-state index in [0.29, 0.717) is 16.5 Å². The molecule has 0 aliphatic carbocycles. The van der Waals surface area contributed by atoms with Gasteiger partial charge in [0.1, 0.15) is 11.5 Å². The van der Waals surface area contributed by atoms with Crippen LogP contribution in [-0.2, 0) is 25.6 Å². The molecule has 0 saturated carbocycles. The molecule has 0 bridgehead atoms. The molecule has 0 unspecified atom stereocenters. The summed E-state index contributed by atoms with van der Waals surface area (Å²) < 4.78 is 77.8. The highest BCUT2D eigenvalue weighted by Gasteiger charge is 2.35. The van der Waals surface area contributed by atoms with Gasteiger partial charge in [0.25, 0.3) is 0 Å². The smallest absolute Gasteiger partial charge is 0.318 e. The van der Waals surface area contributed by atoms with Gasteiger partial charge in [-0.2, -0.15) is 13.2 Å². The number of benzene rings is 1. The summed E-state index contributed by atoms with van der Waals surface area (Å²) in [6, 6.07) is 8.90. The van der Waals surface area contributed by atoms with E-state index in [-0.39, 0.29) is 11.4 Å². The monoisotopic (exact) mass is 501 g/mol. The molecule has 0 aliphatic rings. The third kappa shape index (κ3) is 6.42.